The molecule has 1 amide bonds. The Morgan fingerprint density at radius 2 is 2.15 bits per heavy atom. The van der Waals surface area contributed by atoms with Crippen LogP contribution < -0.4 is 4.90 Å². The molecule has 2 aromatic rings. The zero-order valence-corrected chi connectivity index (χ0v) is 15.9. The van der Waals surface area contributed by atoms with Crippen molar-refractivity contribution in [3.05, 3.63) is 77.4 Å². The molecule has 1 aliphatic rings. The van der Waals surface area contributed by atoms with Gasteiger partial charge in [-0.05, 0) is 50.1 Å². The van der Waals surface area contributed by atoms with Crippen molar-refractivity contribution in [3.63, 3.8) is 0 Å². The van der Waals surface area contributed by atoms with E-state index < -0.39 is 5.54 Å². The van der Waals surface area contributed by atoms with Crippen molar-refractivity contribution in [2.24, 2.45) is 0 Å². The molecule has 0 N–H and O–H groups in total. The molecule has 134 valence electrons. The van der Waals surface area contributed by atoms with E-state index >= 15 is 0 Å². The van der Waals surface area contributed by atoms with Crippen molar-refractivity contribution in [2.45, 2.75) is 32.9 Å². The number of rotatable bonds is 5. The molecular weight excluding hydrogens is 348 g/mol. The molecule has 0 spiro atoms. The zero-order chi connectivity index (χ0) is 18.9. The van der Waals surface area contributed by atoms with Gasteiger partial charge in [-0.2, -0.15) is 5.10 Å². The van der Waals surface area contributed by atoms with Gasteiger partial charge in [-0.25, -0.2) is 0 Å². The SMILES string of the molecule is C=CC1=C(/C=C(\C)Cl)C(C)(C)N(c2cncc(Cn3cccn3)c2)C1=O. The average Bonchev–Trinajstić information content (AvgIpc) is 3.13. The Labute approximate surface area is 158 Å². The number of allylic oxidation sites excluding steroid dienone is 1. The van der Waals surface area contributed by atoms with E-state index in [9.17, 15) is 4.79 Å². The van der Waals surface area contributed by atoms with Gasteiger partial charge in [0.2, 0.25) is 0 Å². The molecule has 0 radical (unpaired) electrons. The fraction of sp³-hybridized carbons (Fsp3) is 0.250. The number of nitrogens with zero attached hydrogens (tertiary/aromatic N) is 4. The maximum atomic E-state index is 13.1. The van der Waals surface area contributed by atoms with Crippen molar-refractivity contribution in [2.75, 3.05) is 4.90 Å². The van der Waals surface area contributed by atoms with Crippen LogP contribution >= 0.6 is 11.6 Å². The molecule has 5 nitrogen and oxygen atoms in total. The lowest BCUT2D eigenvalue weighted by Crippen LogP contribution is -2.43. The Morgan fingerprint density at radius 1 is 1.38 bits per heavy atom. The van der Waals surface area contributed by atoms with E-state index in [0.717, 1.165) is 16.8 Å². The number of pyridine rings is 1. The standard InChI is InChI=1S/C20H21ClN4O/c1-5-17-18(9-14(2)21)20(3,4)25(19(17)26)16-10-15(11-22-12-16)13-24-8-6-7-23-24/h5-12H,1,13H2,2-4H3/b14-9+. The van der Waals surface area contributed by atoms with Gasteiger partial charge in [-0.1, -0.05) is 24.3 Å². The maximum absolute atomic E-state index is 13.1. The molecule has 2 aromatic heterocycles. The Hall–Kier alpha value is -2.66. The van der Waals surface area contributed by atoms with Gasteiger partial charge in [0, 0.05) is 29.2 Å². The Kier molecular flexibility index (Phi) is 4.83. The van der Waals surface area contributed by atoms with E-state index in [0.29, 0.717) is 17.2 Å². The van der Waals surface area contributed by atoms with Crippen LogP contribution in [0.4, 0.5) is 5.69 Å². The van der Waals surface area contributed by atoms with Crippen molar-refractivity contribution < 1.29 is 4.79 Å². The Bertz CT molecular complexity index is 906. The zero-order valence-electron chi connectivity index (χ0n) is 15.1. The van der Waals surface area contributed by atoms with E-state index in [-0.39, 0.29) is 5.91 Å². The number of carbonyl (C=O) groups is 1. The number of hydrogen-bond acceptors (Lipinski definition) is 3. The third-order valence-electron chi connectivity index (χ3n) is 4.43. The lowest BCUT2D eigenvalue weighted by Gasteiger charge is -2.33. The van der Waals surface area contributed by atoms with Gasteiger partial charge in [0.25, 0.3) is 5.91 Å². The summed E-state index contributed by atoms with van der Waals surface area (Å²) in [6.45, 7) is 10.2. The number of anilines is 1. The van der Waals surface area contributed by atoms with Crippen LogP contribution in [0.3, 0.4) is 0 Å². The second-order valence-electron chi connectivity index (χ2n) is 6.72. The van der Waals surface area contributed by atoms with Crippen LogP contribution in [0.25, 0.3) is 0 Å². The summed E-state index contributed by atoms with van der Waals surface area (Å²) in [5, 5.41) is 4.83. The molecule has 0 bridgehead atoms. The quantitative estimate of drug-likeness (QED) is 0.799. The van der Waals surface area contributed by atoms with Crippen molar-refractivity contribution >= 4 is 23.2 Å². The van der Waals surface area contributed by atoms with Crippen molar-refractivity contribution in [3.8, 4) is 0 Å². The molecule has 6 heteroatoms. The first-order valence-electron chi connectivity index (χ1n) is 8.31. The van der Waals surface area contributed by atoms with Gasteiger partial charge in [0.1, 0.15) is 0 Å². The fourth-order valence-electron chi connectivity index (χ4n) is 3.29. The fourth-order valence-corrected chi connectivity index (χ4v) is 3.40. The molecular formula is C20H21ClN4O. The van der Waals surface area contributed by atoms with Gasteiger partial charge < -0.3 is 0 Å². The lowest BCUT2D eigenvalue weighted by molar-refractivity contribution is -0.114. The largest absolute Gasteiger partial charge is 0.297 e. The minimum atomic E-state index is -0.567. The van der Waals surface area contributed by atoms with E-state index in [1.54, 1.807) is 36.5 Å². The predicted molar refractivity (Wildman–Crippen MR) is 104 cm³/mol. The van der Waals surface area contributed by atoms with Crippen molar-refractivity contribution in [1.82, 2.24) is 14.8 Å². The van der Waals surface area contributed by atoms with Crippen LogP contribution in [-0.4, -0.2) is 26.2 Å². The first kappa shape index (κ1) is 18.1. The highest BCUT2D eigenvalue weighted by Gasteiger charge is 2.44. The van der Waals surface area contributed by atoms with Crippen LogP contribution in [0.5, 0.6) is 0 Å². The van der Waals surface area contributed by atoms with Crippen molar-refractivity contribution in [1.29, 1.82) is 0 Å². The van der Waals surface area contributed by atoms with Gasteiger partial charge in [-0.15, -0.1) is 0 Å². The van der Waals surface area contributed by atoms with E-state index in [1.165, 1.54) is 0 Å². The molecule has 0 fully saturated rings. The second kappa shape index (κ2) is 6.92. The summed E-state index contributed by atoms with van der Waals surface area (Å²) in [4.78, 5) is 19.1. The van der Waals surface area contributed by atoms with E-state index in [2.05, 4.69) is 16.7 Å². The highest BCUT2D eigenvalue weighted by atomic mass is 35.5. The molecule has 0 unspecified atom stereocenters. The summed E-state index contributed by atoms with van der Waals surface area (Å²) in [6, 6.07) is 3.84. The predicted octanol–water partition coefficient (Wildman–Crippen LogP) is 4.08. The summed E-state index contributed by atoms with van der Waals surface area (Å²) in [5.41, 5.74) is 2.55. The number of hydrogen-bond donors (Lipinski definition) is 0. The second-order valence-corrected chi connectivity index (χ2v) is 7.31. The Balaban J connectivity index is 2.01. The average molecular weight is 369 g/mol. The first-order chi connectivity index (χ1) is 12.3. The van der Waals surface area contributed by atoms with Gasteiger partial charge >= 0.3 is 0 Å². The van der Waals surface area contributed by atoms with Crippen LogP contribution in [0.2, 0.25) is 0 Å². The normalized spacial score (nSPS) is 17.2. The maximum Gasteiger partial charge on any atom is 0.259 e. The third-order valence-corrected chi connectivity index (χ3v) is 4.54. The number of halogens is 1. The molecule has 0 atom stereocenters. The van der Waals surface area contributed by atoms with Gasteiger partial charge in [-0.3, -0.25) is 19.4 Å². The molecule has 0 aromatic carbocycles. The van der Waals surface area contributed by atoms with Crippen LogP contribution in [0, 0.1) is 0 Å². The topological polar surface area (TPSA) is 51.0 Å². The summed E-state index contributed by atoms with van der Waals surface area (Å²) in [7, 11) is 0. The van der Waals surface area contributed by atoms with Crippen LogP contribution in [-0.2, 0) is 11.3 Å². The van der Waals surface area contributed by atoms with E-state index in [1.807, 2.05) is 42.9 Å². The molecule has 3 heterocycles. The third kappa shape index (κ3) is 3.22. The summed E-state index contributed by atoms with van der Waals surface area (Å²) in [5.74, 6) is -0.104. The molecule has 0 saturated carbocycles. The summed E-state index contributed by atoms with van der Waals surface area (Å²) in [6.07, 6.45) is 10.5. The molecule has 3 rings (SSSR count). The minimum Gasteiger partial charge on any atom is -0.297 e. The van der Waals surface area contributed by atoms with Gasteiger partial charge in [0.15, 0.2) is 0 Å². The number of aromatic nitrogens is 3. The molecule has 0 aliphatic carbocycles. The van der Waals surface area contributed by atoms with Crippen LogP contribution in [0.15, 0.2) is 71.8 Å². The monoisotopic (exact) mass is 368 g/mol. The molecule has 1 aliphatic heterocycles. The summed E-state index contributed by atoms with van der Waals surface area (Å²) >= 11 is 6.09. The smallest absolute Gasteiger partial charge is 0.259 e. The highest BCUT2D eigenvalue weighted by Crippen LogP contribution is 2.40. The molecule has 26 heavy (non-hydrogen) atoms. The highest BCUT2D eigenvalue weighted by molar-refractivity contribution is 6.29. The minimum absolute atomic E-state index is 0.104. The number of amides is 1. The van der Waals surface area contributed by atoms with Gasteiger partial charge in [0.05, 0.1) is 24.0 Å². The first-order valence-corrected chi connectivity index (χ1v) is 8.69. The van der Waals surface area contributed by atoms with E-state index in [4.69, 9.17) is 11.6 Å². The Morgan fingerprint density at radius 3 is 2.77 bits per heavy atom. The molecule has 0 saturated heterocycles. The van der Waals surface area contributed by atoms with Crippen LogP contribution in [0.1, 0.15) is 26.3 Å². The lowest BCUT2D eigenvalue weighted by atomic mass is 9.92. The number of carbonyl (C=O) groups excluding carboxylic acids is 1. The summed E-state index contributed by atoms with van der Waals surface area (Å²) < 4.78 is 1.82.